The first-order valence-corrected chi connectivity index (χ1v) is 7.62. The summed E-state index contributed by atoms with van der Waals surface area (Å²) >= 11 is 0. The number of likely N-dealkylation sites (N-methyl/N-ethyl adjacent to an activating group) is 1. The Kier molecular flexibility index (Phi) is 2.79. The SMILES string of the molecule is Cc1cc(N2CC[C@]3(CN(C)C(=O)O3)C2)nc2ccccc12. The Balaban J connectivity index is 1.65. The zero-order valence-corrected chi connectivity index (χ0v) is 12.9. The zero-order valence-electron chi connectivity index (χ0n) is 12.9. The van der Waals surface area contributed by atoms with Crippen molar-refractivity contribution in [1.82, 2.24) is 9.88 Å². The van der Waals surface area contributed by atoms with Crippen LogP contribution < -0.4 is 4.90 Å². The van der Waals surface area contributed by atoms with Gasteiger partial charge in [-0.3, -0.25) is 0 Å². The van der Waals surface area contributed by atoms with Crippen molar-refractivity contribution in [2.45, 2.75) is 18.9 Å². The highest BCUT2D eigenvalue weighted by molar-refractivity contribution is 5.84. The minimum atomic E-state index is -0.368. The number of amides is 1. The van der Waals surface area contributed by atoms with Crippen molar-refractivity contribution in [2.75, 3.05) is 31.6 Å². The fraction of sp³-hybridized carbons (Fsp3) is 0.412. The van der Waals surface area contributed by atoms with E-state index in [4.69, 9.17) is 9.72 Å². The molecule has 3 heterocycles. The number of carbonyl (C=O) groups is 1. The molecule has 1 atom stereocenters. The summed E-state index contributed by atoms with van der Waals surface area (Å²) in [6.07, 6.45) is 0.640. The maximum atomic E-state index is 11.7. The smallest absolute Gasteiger partial charge is 0.410 e. The van der Waals surface area contributed by atoms with Gasteiger partial charge in [0.1, 0.15) is 5.82 Å². The number of anilines is 1. The molecule has 1 aromatic heterocycles. The topological polar surface area (TPSA) is 45.7 Å². The summed E-state index contributed by atoms with van der Waals surface area (Å²) in [4.78, 5) is 20.3. The van der Waals surface area contributed by atoms with Crippen LogP contribution in [0.2, 0.25) is 0 Å². The highest BCUT2D eigenvalue weighted by Gasteiger charge is 2.48. The van der Waals surface area contributed by atoms with Crippen molar-refractivity contribution in [1.29, 1.82) is 0 Å². The van der Waals surface area contributed by atoms with E-state index in [9.17, 15) is 4.79 Å². The Morgan fingerprint density at radius 3 is 2.86 bits per heavy atom. The second kappa shape index (κ2) is 4.60. The molecule has 114 valence electrons. The van der Waals surface area contributed by atoms with Gasteiger partial charge < -0.3 is 14.5 Å². The fourth-order valence-corrected chi connectivity index (χ4v) is 3.54. The van der Waals surface area contributed by atoms with Gasteiger partial charge in [0, 0.05) is 25.4 Å². The Labute approximate surface area is 129 Å². The number of pyridine rings is 1. The van der Waals surface area contributed by atoms with Crippen molar-refractivity contribution in [2.24, 2.45) is 0 Å². The van der Waals surface area contributed by atoms with Crippen LogP contribution in [0.15, 0.2) is 30.3 Å². The monoisotopic (exact) mass is 297 g/mol. The molecule has 0 bridgehead atoms. The summed E-state index contributed by atoms with van der Waals surface area (Å²) in [7, 11) is 1.79. The molecule has 2 aliphatic rings. The number of aromatic nitrogens is 1. The number of para-hydroxylation sites is 1. The molecule has 2 aliphatic heterocycles. The first kappa shape index (κ1) is 13.4. The third-order valence-corrected chi connectivity index (χ3v) is 4.69. The molecule has 0 saturated carbocycles. The lowest BCUT2D eigenvalue weighted by atomic mass is 10.0. The second-order valence-corrected chi connectivity index (χ2v) is 6.39. The van der Waals surface area contributed by atoms with Crippen molar-refractivity contribution in [3.05, 3.63) is 35.9 Å². The van der Waals surface area contributed by atoms with E-state index in [1.54, 1.807) is 11.9 Å². The van der Waals surface area contributed by atoms with Gasteiger partial charge in [-0.25, -0.2) is 9.78 Å². The maximum absolute atomic E-state index is 11.7. The number of nitrogens with zero attached hydrogens (tertiary/aromatic N) is 3. The molecule has 5 heteroatoms. The molecule has 1 aromatic carbocycles. The molecule has 0 unspecified atom stereocenters. The summed E-state index contributed by atoms with van der Waals surface area (Å²) < 4.78 is 5.61. The largest absolute Gasteiger partial charge is 0.439 e. The Morgan fingerprint density at radius 2 is 2.09 bits per heavy atom. The molecule has 2 fully saturated rings. The van der Waals surface area contributed by atoms with Crippen LogP contribution in [0.25, 0.3) is 10.9 Å². The van der Waals surface area contributed by atoms with E-state index in [2.05, 4.69) is 24.0 Å². The van der Waals surface area contributed by atoms with Crippen LogP contribution in [-0.4, -0.2) is 48.3 Å². The van der Waals surface area contributed by atoms with Gasteiger partial charge in [-0.05, 0) is 24.6 Å². The van der Waals surface area contributed by atoms with Gasteiger partial charge in [0.15, 0.2) is 5.60 Å². The standard InChI is InChI=1S/C17H19N3O2/c1-12-9-15(18-14-6-4-3-5-13(12)14)20-8-7-17(11-20)10-19(2)16(21)22-17/h3-6,9H,7-8,10-11H2,1-2H3/t17-/m0/s1. The molecule has 5 nitrogen and oxygen atoms in total. The number of hydrogen-bond donors (Lipinski definition) is 0. The quantitative estimate of drug-likeness (QED) is 0.811. The molecule has 4 rings (SSSR count). The summed E-state index contributed by atoms with van der Waals surface area (Å²) in [5.41, 5.74) is 1.87. The van der Waals surface area contributed by atoms with Crippen LogP contribution in [0.3, 0.4) is 0 Å². The minimum Gasteiger partial charge on any atom is -0.439 e. The second-order valence-electron chi connectivity index (χ2n) is 6.39. The minimum absolute atomic E-state index is 0.218. The summed E-state index contributed by atoms with van der Waals surface area (Å²) in [5.74, 6) is 0.971. The van der Waals surface area contributed by atoms with Crippen molar-refractivity contribution < 1.29 is 9.53 Å². The molecule has 22 heavy (non-hydrogen) atoms. The van der Waals surface area contributed by atoms with E-state index < -0.39 is 0 Å². The lowest BCUT2D eigenvalue weighted by Crippen LogP contribution is -2.37. The molecule has 0 radical (unpaired) electrons. The van der Waals surface area contributed by atoms with Gasteiger partial charge in [0.2, 0.25) is 0 Å². The van der Waals surface area contributed by atoms with Gasteiger partial charge in [-0.1, -0.05) is 18.2 Å². The number of aryl methyl sites for hydroxylation is 1. The van der Waals surface area contributed by atoms with E-state index in [1.165, 1.54) is 10.9 Å². The van der Waals surface area contributed by atoms with E-state index in [0.717, 1.165) is 24.3 Å². The Hall–Kier alpha value is -2.30. The van der Waals surface area contributed by atoms with Crippen LogP contribution in [0.5, 0.6) is 0 Å². The zero-order chi connectivity index (χ0) is 15.3. The van der Waals surface area contributed by atoms with E-state index >= 15 is 0 Å². The van der Waals surface area contributed by atoms with Crippen LogP contribution in [-0.2, 0) is 4.74 Å². The average Bonchev–Trinajstić information content (AvgIpc) is 3.03. The van der Waals surface area contributed by atoms with Crippen molar-refractivity contribution in [3.8, 4) is 0 Å². The molecule has 2 aromatic rings. The predicted octanol–water partition coefficient (Wildman–Crippen LogP) is 2.57. The first-order valence-electron chi connectivity index (χ1n) is 7.62. The Morgan fingerprint density at radius 1 is 1.27 bits per heavy atom. The van der Waals surface area contributed by atoms with Gasteiger partial charge in [-0.2, -0.15) is 0 Å². The third kappa shape index (κ3) is 2.00. The molecule has 0 aliphatic carbocycles. The molecular weight excluding hydrogens is 278 g/mol. The van der Waals surface area contributed by atoms with Crippen LogP contribution in [0.1, 0.15) is 12.0 Å². The van der Waals surface area contributed by atoms with Gasteiger partial charge in [-0.15, -0.1) is 0 Å². The third-order valence-electron chi connectivity index (χ3n) is 4.69. The van der Waals surface area contributed by atoms with E-state index in [-0.39, 0.29) is 11.7 Å². The highest BCUT2D eigenvalue weighted by Crippen LogP contribution is 2.34. The van der Waals surface area contributed by atoms with Gasteiger partial charge in [0.25, 0.3) is 0 Å². The molecule has 0 N–H and O–H groups in total. The highest BCUT2D eigenvalue weighted by atomic mass is 16.6. The molecule has 2 saturated heterocycles. The summed E-state index contributed by atoms with van der Waals surface area (Å²) in [6, 6.07) is 10.3. The molecule has 1 spiro atoms. The van der Waals surface area contributed by atoms with Crippen LogP contribution >= 0.6 is 0 Å². The summed E-state index contributed by atoms with van der Waals surface area (Å²) in [6.45, 7) is 4.36. The van der Waals surface area contributed by atoms with E-state index in [1.807, 2.05) is 18.2 Å². The first-order chi connectivity index (χ1) is 10.6. The van der Waals surface area contributed by atoms with Gasteiger partial charge in [0.05, 0.1) is 18.6 Å². The van der Waals surface area contributed by atoms with E-state index in [0.29, 0.717) is 13.1 Å². The predicted molar refractivity (Wildman–Crippen MR) is 85.2 cm³/mol. The average molecular weight is 297 g/mol. The molecule has 1 amide bonds. The fourth-order valence-electron chi connectivity index (χ4n) is 3.54. The van der Waals surface area contributed by atoms with Crippen LogP contribution in [0.4, 0.5) is 10.6 Å². The van der Waals surface area contributed by atoms with Crippen molar-refractivity contribution in [3.63, 3.8) is 0 Å². The lowest BCUT2D eigenvalue weighted by Gasteiger charge is -2.23. The summed E-state index contributed by atoms with van der Waals surface area (Å²) in [5, 5.41) is 1.19. The van der Waals surface area contributed by atoms with Crippen molar-refractivity contribution >= 4 is 22.8 Å². The number of hydrogen-bond acceptors (Lipinski definition) is 4. The number of benzene rings is 1. The number of rotatable bonds is 1. The number of fused-ring (bicyclic) bond motifs is 1. The Bertz CT molecular complexity index is 761. The van der Waals surface area contributed by atoms with Crippen LogP contribution in [0, 0.1) is 6.92 Å². The normalized spacial score (nSPS) is 24.5. The maximum Gasteiger partial charge on any atom is 0.410 e. The molecular formula is C17H19N3O2. The lowest BCUT2D eigenvalue weighted by molar-refractivity contribution is 0.0741. The van der Waals surface area contributed by atoms with Gasteiger partial charge >= 0.3 is 6.09 Å². The number of carbonyl (C=O) groups excluding carboxylic acids is 1. The number of ether oxygens (including phenoxy) is 1.